The van der Waals surface area contributed by atoms with Crippen molar-refractivity contribution in [2.45, 2.75) is 12.1 Å². The zero-order valence-corrected chi connectivity index (χ0v) is 32.5. The minimum absolute atomic E-state index is 0.0637. The highest BCUT2D eigenvalue weighted by molar-refractivity contribution is 5.98. The smallest absolute Gasteiger partial charge is 0.0862 e. The maximum Gasteiger partial charge on any atom is 0.0862 e. The molecular weight excluding hydrogens is 733 g/mol. The van der Waals surface area contributed by atoms with Gasteiger partial charge in [0.2, 0.25) is 0 Å². The molecule has 12 rings (SSSR count). The van der Waals surface area contributed by atoms with Crippen molar-refractivity contribution in [2.24, 2.45) is 0 Å². The van der Waals surface area contributed by atoms with Crippen molar-refractivity contribution in [3.05, 3.63) is 218 Å². The van der Waals surface area contributed by atoms with Gasteiger partial charge in [0.25, 0.3) is 0 Å². The summed E-state index contributed by atoms with van der Waals surface area (Å²) in [4.78, 5) is 23.3. The highest BCUT2D eigenvalue weighted by atomic mass is 15.3. The van der Waals surface area contributed by atoms with Crippen LogP contribution in [0.15, 0.2) is 207 Å². The molecule has 0 saturated carbocycles. The average Bonchev–Trinajstić information content (AvgIpc) is 3.82. The van der Waals surface area contributed by atoms with Crippen LogP contribution >= 0.6 is 0 Å². The molecule has 2 aliphatic heterocycles. The largest absolute Gasteiger partial charge is 0.331 e. The molecule has 0 N–H and O–H groups in total. The SMILES string of the molecule is c1cncc(-c2cc(-c3cccnc3)cc(N3c4cc5ccccc5cc4C4C3c3cc5ccccc5cc3N4c3cc(-c4cccnc4)cc(-c4cccnc4)c3)c2)c1. The number of rotatable bonds is 6. The minimum atomic E-state index is -0.0637. The van der Waals surface area contributed by atoms with Crippen LogP contribution in [0.1, 0.15) is 23.2 Å². The maximum atomic E-state index is 4.53. The number of benzene rings is 6. The van der Waals surface area contributed by atoms with Gasteiger partial charge in [-0.15, -0.1) is 0 Å². The van der Waals surface area contributed by atoms with Gasteiger partial charge < -0.3 is 9.80 Å². The lowest BCUT2D eigenvalue weighted by atomic mass is 9.96. The average molecular weight is 769 g/mol. The summed E-state index contributed by atoms with van der Waals surface area (Å²) in [6, 6.07) is 57.5. The number of pyridine rings is 4. The predicted molar refractivity (Wildman–Crippen MR) is 243 cm³/mol. The second kappa shape index (κ2) is 13.9. The molecule has 2 aliphatic rings. The lowest BCUT2D eigenvalue weighted by Gasteiger charge is -2.30. The lowest BCUT2D eigenvalue weighted by molar-refractivity contribution is 0.634. The first-order valence-corrected chi connectivity index (χ1v) is 20.3. The van der Waals surface area contributed by atoms with E-state index in [1.807, 2.05) is 73.8 Å². The van der Waals surface area contributed by atoms with Gasteiger partial charge in [-0.2, -0.15) is 0 Å². The maximum absolute atomic E-state index is 4.53. The van der Waals surface area contributed by atoms with Crippen LogP contribution in [0.2, 0.25) is 0 Å². The molecule has 282 valence electrons. The molecule has 2 atom stereocenters. The van der Waals surface area contributed by atoms with Gasteiger partial charge in [0, 0.05) is 106 Å². The Balaban J connectivity index is 1.15. The molecule has 0 saturated heterocycles. The van der Waals surface area contributed by atoms with Gasteiger partial charge in [0.15, 0.2) is 0 Å². The molecule has 6 nitrogen and oxygen atoms in total. The van der Waals surface area contributed by atoms with Gasteiger partial charge in [-0.05, 0) is 129 Å². The molecule has 0 spiro atoms. The summed E-state index contributed by atoms with van der Waals surface area (Å²) in [5.74, 6) is 0. The van der Waals surface area contributed by atoms with Crippen molar-refractivity contribution in [1.29, 1.82) is 0 Å². The molecule has 10 aromatic rings. The highest BCUT2D eigenvalue weighted by Crippen LogP contribution is 2.64. The van der Waals surface area contributed by atoms with Crippen molar-refractivity contribution in [3.63, 3.8) is 0 Å². The number of hydrogen-bond donors (Lipinski definition) is 0. The van der Waals surface area contributed by atoms with E-state index in [1.165, 1.54) is 44.0 Å². The number of aromatic nitrogens is 4. The molecule has 6 heteroatoms. The van der Waals surface area contributed by atoms with Crippen LogP contribution in [0.25, 0.3) is 66.1 Å². The van der Waals surface area contributed by atoms with E-state index in [4.69, 9.17) is 0 Å². The molecule has 4 aromatic heterocycles. The monoisotopic (exact) mass is 768 g/mol. The van der Waals surface area contributed by atoms with Crippen LogP contribution in [-0.4, -0.2) is 19.9 Å². The Morgan fingerprint density at radius 1 is 0.300 bits per heavy atom. The predicted octanol–water partition coefficient (Wildman–Crippen LogP) is 13.3. The van der Waals surface area contributed by atoms with E-state index in [-0.39, 0.29) is 12.1 Å². The summed E-state index contributed by atoms with van der Waals surface area (Å²) in [5, 5.41) is 4.86. The Labute approximate surface area is 347 Å². The quantitative estimate of drug-likeness (QED) is 0.168. The van der Waals surface area contributed by atoms with Crippen LogP contribution in [-0.2, 0) is 0 Å². The standard InChI is InChI=1S/C54H36N6/c1-3-11-37-29-51-49(27-35(37)9-1)53-54(59(51)47-23-43(39-13-5-17-55-31-39)21-44(24-47)40-14-6-18-56-32-40)50-28-36-10-2-4-12-38(36)30-52(50)60(53)48-25-45(41-15-7-19-57-33-41)22-46(26-48)42-16-8-20-58-34-42/h1-34,53-54H. The van der Waals surface area contributed by atoms with E-state index in [2.05, 4.69) is 163 Å². The van der Waals surface area contributed by atoms with Gasteiger partial charge in [0.1, 0.15) is 0 Å². The molecule has 0 bridgehead atoms. The second-order valence-corrected chi connectivity index (χ2v) is 15.6. The summed E-state index contributed by atoms with van der Waals surface area (Å²) in [5.41, 5.74) is 15.8. The van der Waals surface area contributed by atoms with Gasteiger partial charge in [0.05, 0.1) is 12.1 Å². The third kappa shape index (κ3) is 5.64. The number of hydrogen-bond acceptors (Lipinski definition) is 6. The Morgan fingerprint density at radius 3 is 0.917 bits per heavy atom. The highest BCUT2D eigenvalue weighted by Gasteiger charge is 2.50. The fourth-order valence-electron chi connectivity index (χ4n) is 9.48. The molecule has 0 aliphatic carbocycles. The lowest BCUT2D eigenvalue weighted by Crippen LogP contribution is -2.24. The number of fused-ring (bicyclic) bond motifs is 7. The molecule has 0 amide bonds. The normalized spacial score (nSPS) is 15.3. The first-order valence-electron chi connectivity index (χ1n) is 20.3. The van der Waals surface area contributed by atoms with Gasteiger partial charge >= 0.3 is 0 Å². The van der Waals surface area contributed by atoms with Crippen molar-refractivity contribution in [2.75, 3.05) is 9.80 Å². The van der Waals surface area contributed by atoms with Crippen molar-refractivity contribution in [3.8, 4) is 44.5 Å². The van der Waals surface area contributed by atoms with Gasteiger partial charge in [-0.25, -0.2) is 0 Å². The van der Waals surface area contributed by atoms with E-state index in [1.54, 1.807) is 0 Å². The summed E-state index contributed by atoms with van der Waals surface area (Å²) < 4.78 is 0. The van der Waals surface area contributed by atoms with Crippen molar-refractivity contribution < 1.29 is 0 Å². The van der Waals surface area contributed by atoms with Gasteiger partial charge in [-0.1, -0.05) is 72.8 Å². The van der Waals surface area contributed by atoms with Crippen molar-refractivity contribution in [1.82, 2.24) is 19.9 Å². The Bertz CT molecular complexity index is 2890. The van der Waals surface area contributed by atoms with E-state index in [0.717, 1.165) is 55.9 Å². The van der Waals surface area contributed by atoms with E-state index < -0.39 is 0 Å². The summed E-state index contributed by atoms with van der Waals surface area (Å²) in [6.45, 7) is 0. The van der Waals surface area contributed by atoms with E-state index in [9.17, 15) is 0 Å². The zero-order valence-electron chi connectivity index (χ0n) is 32.5. The fraction of sp³-hybridized carbons (Fsp3) is 0.0370. The fourth-order valence-corrected chi connectivity index (χ4v) is 9.48. The Kier molecular flexibility index (Phi) is 7.88. The molecule has 0 radical (unpaired) electrons. The van der Waals surface area contributed by atoms with Crippen LogP contribution in [0.3, 0.4) is 0 Å². The van der Waals surface area contributed by atoms with E-state index in [0.29, 0.717) is 0 Å². The van der Waals surface area contributed by atoms with Gasteiger partial charge in [-0.3, -0.25) is 19.9 Å². The molecule has 6 aromatic carbocycles. The second-order valence-electron chi connectivity index (χ2n) is 15.6. The van der Waals surface area contributed by atoms with Crippen LogP contribution in [0.4, 0.5) is 22.7 Å². The summed E-state index contributed by atoms with van der Waals surface area (Å²) in [7, 11) is 0. The van der Waals surface area contributed by atoms with Crippen molar-refractivity contribution >= 4 is 44.3 Å². The molecule has 6 heterocycles. The zero-order chi connectivity index (χ0) is 39.6. The van der Waals surface area contributed by atoms with Crippen LogP contribution in [0.5, 0.6) is 0 Å². The Morgan fingerprint density at radius 2 is 0.617 bits per heavy atom. The third-order valence-corrected chi connectivity index (χ3v) is 12.2. The number of anilines is 4. The first-order chi connectivity index (χ1) is 29.7. The molecule has 2 unspecified atom stereocenters. The van der Waals surface area contributed by atoms with Crippen LogP contribution < -0.4 is 9.80 Å². The van der Waals surface area contributed by atoms with E-state index >= 15 is 0 Å². The summed E-state index contributed by atoms with van der Waals surface area (Å²) >= 11 is 0. The molecule has 0 fully saturated rings. The minimum Gasteiger partial charge on any atom is -0.331 e. The number of nitrogens with zero attached hydrogens (tertiary/aromatic N) is 6. The summed E-state index contributed by atoms with van der Waals surface area (Å²) in [6.07, 6.45) is 15.1. The van der Waals surface area contributed by atoms with Crippen LogP contribution in [0, 0.1) is 0 Å². The molecule has 60 heavy (non-hydrogen) atoms. The third-order valence-electron chi connectivity index (χ3n) is 12.2. The topological polar surface area (TPSA) is 58.0 Å². The first kappa shape index (κ1) is 34.1. The Hall–Kier alpha value is -7.96. The molecular formula is C54H36N6.